The second-order valence-corrected chi connectivity index (χ2v) is 4.83. The molecule has 1 aromatic heterocycles. The molecule has 0 radical (unpaired) electrons. The fraction of sp³-hybridized carbons (Fsp3) is 0.769. The van der Waals surface area contributed by atoms with Gasteiger partial charge in [-0.05, 0) is 19.3 Å². The van der Waals surface area contributed by atoms with Gasteiger partial charge in [0.05, 0.1) is 6.42 Å². The first-order valence-electron chi connectivity index (χ1n) is 6.62. The molecule has 1 saturated carbocycles. The first kappa shape index (κ1) is 13.2. The highest BCUT2D eigenvalue weighted by Crippen LogP contribution is 2.26. The van der Waals surface area contributed by atoms with Gasteiger partial charge in [-0.1, -0.05) is 18.0 Å². The monoisotopic (exact) mass is 252 g/mol. The Morgan fingerprint density at radius 2 is 2.22 bits per heavy atom. The summed E-state index contributed by atoms with van der Waals surface area (Å²) < 4.78 is 10.1. The summed E-state index contributed by atoms with van der Waals surface area (Å²) in [4.78, 5) is 16.2. The Bertz CT molecular complexity index is 383. The van der Waals surface area contributed by atoms with Crippen LogP contribution in [0.3, 0.4) is 0 Å². The van der Waals surface area contributed by atoms with E-state index in [1.165, 1.54) is 12.8 Å². The molecule has 0 bridgehead atoms. The first-order chi connectivity index (χ1) is 8.79. The number of nitrogens with zero attached hydrogens (tertiary/aromatic N) is 2. The van der Waals surface area contributed by atoms with Gasteiger partial charge in [0, 0.05) is 26.1 Å². The van der Waals surface area contributed by atoms with Crippen LogP contribution in [0.1, 0.15) is 43.8 Å². The van der Waals surface area contributed by atoms with E-state index < -0.39 is 0 Å². The predicted molar refractivity (Wildman–Crippen MR) is 65.2 cm³/mol. The minimum Gasteiger partial charge on any atom is -0.385 e. The van der Waals surface area contributed by atoms with Crippen molar-refractivity contribution in [1.82, 2.24) is 10.1 Å². The van der Waals surface area contributed by atoms with Crippen LogP contribution in [0.5, 0.6) is 0 Å². The number of ether oxygens (including phenoxy) is 1. The summed E-state index contributed by atoms with van der Waals surface area (Å²) in [5.74, 6) is 1.59. The normalized spacial score (nSPS) is 16.3. The lowest BCUT2D eigenvalue weighted by molar-refractivity contribution is -0.122. The van der Waals surface area contributed by atoms with Crippen LogP contribution in [0.4, 0.5) is 0 Å². The number of rotatable bonds is 7. The van der Waals surface area contributed by atoms with E-state index in [4.69, 9.17) is 9.26 Å². The first-order valence-corrected chi connectivity index (χ1v) is 6.62. The number of aromatic nitrogens is 2. The van der Waals surface area contributed by atoms with Crippen molar-refractivity contribution in [3.63, 3.8) is 0 Å². The van der Waals surface area contributed by atoms with E-state index >= 15 is 0 Å². The summed E-state index contributed by atoms with van der Waals surface area (Å²) >= 11 is 0. The Hall–Kier alpha value is -1.23. The Morgan fingerprint density at radius 3 is 2.94 bits per heavy atom. The average molecular weight is 252 g/mol. The molecule has 0 atom stereocenters. The molecule has 1 aliphatic carbocycles. The molecule has 0 aliphatic heterocycles. The second-order valence-electron chi connectivity index (χ2n) is 4.83. The van der Waals surface area contributed by atoms with Crippen LogP contribution < -0.4 is 0 Å². The number of ketones is 1. The Morgan fingerprint density at radius 1 is 1.44 bits per heavy atom. The molecule has 5 nitrogen and oxygen atoms in total. The summed E-state index contributed by atoms with van der Waals surface area (Å²) in [5.41, 5.74) is 0. The van der Waals surface area contributed by atoms with Crippen molar-refractivity contribution in [3.05, 3.63) is 11.7 Å². The molecule has 0 amide bonds. The molecule has 5 heteroatoms. The van der Waals surface area contributed by atoms with Crippen LogP contribution in [0, 0.1) is 5.92 Å². The van der Waals surface area contributed by atoms with E-state index in [1.807, 2.05) is 0 Å². The van der Waals surface area contributed by atoms with E-state index in [0.717, 1.165) is 25.7 Å². The Labute approximate surface area is 107 Å². The fourth-order valence-electron chi connectivity index (χ4n) is 2.38. The zero-order valence-electron chi connectivity index (χ0n) is 10.9. The third kappa shape index (κ3) is 3.63. The highest BCUT2D eigenvalue weighted by atomic mass is 16.5. The number of Topliss-reactive ketones (excluding diaryl/α,β-unsaturated/α-hetero) is 1. The van der Waals surface area contributed by atoms with Crippen LogP contribution in [0.15, 0.2) is 4.52 Å². The van der Waals surface area contributed by atoms with Gasteiger partial charge in [0.2, 0.25) is 5.89 Å². The van der Waals surface area contributed by atoms with Gasteiger partial charge < -0.3 is 9.26 Å². The molecule has 2 rings (SSSR count). The predicted octanol–water partition coefficient (Wildman–Crippen LogP) is 1.95. The van der Waals surface area contributed by atoms with Crippen molar-refractivity contribution in [1.29, 1.82) is 0 Å². The summed E-state index contributed by atoms with van der Waals surface area (Å²) in [5, 5.41) is 3.87. The number of hydrogen-bond acceptors (Lipinski definition) is 5. The molecule has 0 saturated heterocycles. The van der Waals surface area contributed by atoms with Crippen LogP contribution in [-0.4, -0.2) is 29.6 Å². The van der Waals surface area contributed by atoms with Crippen molar-refractivity contribution < 1.29 is 14.1 Å². The van der Waals surface area contributed by atoms with Crippen molar-refractivity contribution in [3.8, 4) is 0 Å². The average Bonchev–Trinajstić information content (AvgIpc) is 3.00. The number of aryl methyl sites for hydroxylation is 1. The molecule has 1 fully saturated rings. The lowest BCUT2D eigenvalue weighted by Gasteiger charge is -2.04. The molecule has 0 unspecified atom stereocenters. The van der Waals surface area contributed by atoms with Gasteiger partial charge in [-0.15, -0.1) is 0 Å². The minimum atomic E-state index is 0.217. The SMILES string of the molecule is COCCCc1noc(CC(=O)C2CCCC2)n1. The van der Waals surface area contributed by atoms with Gasteiger partial charge in [0.1, 0.15) is 5.78 Å². The maximum absolute atomic E-state index is 11.9. The van der Waals surface area contributed by atoms with Crippen molar-refractivity contribution >= 4 is 5.78 Å². The zero-order valence-corrected chi connectivity index (χ0v) is 10.9. The van der Waals surface area contributed by atoms with Gasteiger partial charge in [-0.25, -0.2) is 0 Å². The van der Waals surface area contributed by atoms with Gasteiger partial charge in [-0.3, -0.25) is 4.79 Å². The molecule has 0 spiro atoms. The Balaban J connectivity index is 1.80. The summed E-state index contributed by atoms with van der Waals surface area (Å²) in [6, 6.07) is 0. The van der Waals surface area contributed by atoms with Crippen molar-refractivity contribution in [2.75, 3.05) is 13.7 Å². The van der Waals surface area contributed by atoms with Crippen molar-refractivity contribution in [2.45, 2.75) is 44.9 Å². The third-order valence-corrected chi connectivity index (χ3v) is 3.39. The van der Waals surface area contributed by atoms with Crippen LogP contribution in [-0.2, 0) is 22.4 Å². The summed E-state index contributed by atoms with van der Waals surface area (Å²) in [7, 11) is 1.67. The molecule has 1 aliphatic rings. The van der Waals surface area contributed by atoms with E-state index in [-0.39, 0.29) is 11.7 Å². The topological polar surface area (TPSA) is 65.2 Å². The van der Waals surface area contributed by atoms with E-state index in [0.29, 0.717) is 24.7 Å². The number of hydrogen-bond donors (Lipinski definition) is 0. The molecule has 18 heavy (non-hydrogen) atoms. The van der Waals surface area contributed by atoms with Gasteiger partial charge >= 0.3 is 0 Å². The fourth-order valence-corrected chi connectivity index (χ4v) is 2.38. The summed E-state index contributed by atoms with van der Waals surface area (Å²) in [6.07, 6.45) is 6.27. The Kier molecular flexibility index (Phi) is 4.87. The van der Waals surface area contributed by atoms with Gasteiger partial charge in [0.15, 0.2) is 5.82 Å². The lowest BCUT2D eigenvalue weighted by atomic mass is 10.0. The number of methoxy groups -OCH3 is 1. The van der Waals surface area contributed by atoms with Crippen LogP contribution in [0.25, 0.3) is 0 Å². The van der Waals surface area contributed by atoms with Gasteiger partial charge in [-0.2, -0.15) is 4.98 Å². The highest BCUT2D eigenvalue weighted by Gasteiger charge is 2.24. The largest absolute Gasteiger partial charge is 0.385 e. The quantitative estimate of drug-likeness (QED) is 0.694. The minimum absolute atomic E-state index is 0.217. The molecular formula is C13H20N2O3. The maximum atomic E-state index is 11.9. The maximum Gasteiger partial charge on any atom is 0.234 e. The molecule has 1 heterocycles. The zero-order chi connectivity index (χ0) is 12.8. The van der Waals surface area contributed by atoms with E-state index in [1.54, 1.807) is 7.11 Å². The molecular weight excluding hydrogens is 232 g/mol. The molecule has 0 aromatic carbocycles. The van der Waals surface area contributed by atoms with Crippen LogP contribution >= 0.6 is 0 Å². The lowest BCUT2D eigenvalue weighted by Crippen LogP contribution is -2.13. The standard InChI is InChI=1S/C13H20N2O3/c1-17-8-4-7-12-14-13(18-15-12)9-11(16)10-5-2-3-6-10/h10H,2-9H2,1H3. The smallest absolute Gasteiger partial charge is 0.234 e. The third-order valence-electron chi connectivity index (χ3n) is 3.39. The molecule has 100 valence electrons. The van der Waals surface area contributed by atoms with Gasteiger partial charge in [0.25, 0.3) is 0 Å². The van der Waals surface area contributed by atoms with Crippen LogP contribution in [0.2, 0.25) is 0 Å². The number of carbonyl (C=O) groups is 1. The summed E-state index contributed by atoms with van der Waals surface area (Å²) in [6.45, 7) is 0.685. The van der Waals surface area contributed by atoms with E-state index in [9.17, 15) is 4.79 Å². The van der Waals surface area contributed by atoms with Crippen molar-refractivity contribution in [2.24, 2.45) is 5.92 Å². The highest BCUT2D eigenvalue weighted by molar-refractivity contribution is 5.82. The molecule has 1 aromatic rings. The number of carbonyl (C=O) groups excluding carboxylic acids is 1. The molecule has 0 N–H and O–H groups in total. The second kappa shape index (κ2) is 6.64. The van der Waals surface area contributed by atoms with E-state index in [2.05, 4.69) is 10.1 Å².